The highest BCUT2D eigenvalue weighted by atomic mass is 127. The lowest BCUT2D eigenvalue weighted by atomic mass is 10.2. The van der Waals surface area contributed by atoms with Crippen molar-refractivity contribution >= 4 is 44.3 Å². The normalized spacial score (nSPS) is 10.5. The van der Waals surface area contributed by atoms with Gasteiger partial charge >= 0.3 is 0 Å². The van der Waals surface area contributed by atoms with Gasteiger partial charge in [-0.25, -0.2) is 9.97 Å². The minimum absolute atomic E-state index is 0.703. The van der Waals surface area contributed by atoms with Gasteiger partial charge in [-0.15, -0.1) is 0 Å². The molecule has 0 saturated heterocycles. The van der Waals surface area contributed by atoms with Crippen LogP contribution in [0.25, 0.3) is 11.4 Å². The Morgan fingerprint density at radius 1 is 1.29 bits per heavy atom. The number of nitrogens with one attached hydrogen (secondary N) is 1. The molecule has 2 aromatic rings. The molecule has 0 unspecified atom stereocenters. The molecule has 0 aliphatic heterocycles. The molecule has 2 rings (SSSR count). The second kappa shape index (κ2) is 7.40. The van der Waals surface area contributed by atoms with Crippen LogP contribution >= 0.6 is 38.5 Å². The number of benzene rings is 1. The standard InChI is InChI=1S/C15H17BrIN3O/c1-4-12-13(17)15(18-5-2)20-14(19-12)10-8-9(21-3)6-7-11(10)16/h6-8H,4-5H2,1-3H3,(H,18,19,20). The highest BCUT2D eigenvalue weighted by Gasteiger charge is 2.14. The van der Waals surface area contributed by atoms with E-state index >= 15 is 0 Å². The largest absolute Gasteiger partial charge is 0.497 e. The summed E-state index contributed by atoms with van der Waals surface area (Å²) in [5.74, 6) is 2.38. The number of halogens is 2. The molecule has 112 valence electrons. The van der Waals surface area contributed by atoms with Crippen molar-refractivity contribution in [2.45, 2.75) is 20.3 Å². The number of rotatable bonds is 5. The van der Waals surface area contributed by atoms with Crippen molar-refractivity contribution in [2.75, 3.05) is 19.0 Å². The molecule has 0 amide bonds. The zero-order valence-electron chi connectivity index (χ0n) is 12.2. The summed E-state index contributed by atoms with van der Waals surface area (Å²) in [4.78, 5) is 9.36. The lowest BCUT2D eigenvalue weighted by Gasteiger charge is -2.13. The van der Waals surface area contributed by atoms with Gasteiger partial charge in [-0.3, -0.25) is 0 Å². The third-order valence-electron chi connectivity index (χ3n) is 3.01. The van der Waals surface area contributed by atoms with Crippen molar-refractivity contribution in [3.8, 4) is 17.1 Å². The van der Waals surface area contributed by atoms with Crippen molar-refractivity contribution in [1.82, 2.24) is 9.97 Å². The molecule has 0 fully saturated rings. The maximum atomic E-state index is 5.30. The molecule has 0 atom stereocenters. The molecular weight excluding hydrogens is 445 g/mol. The fraction of sp³-hybridized carbons (Fsp3) is 0.333. The summed E-state index contributed by atoms with van der Waals surface area (Å²) in [5, 5.41) is 3.30. The molecule has 0 radical (unpaired) electrons. The lowest BCUT2D eigenvalue weighted by Crippen LogP contribution is -2.07. The molecule has 0 bridgehead atoms. The van der Waals surface area contributed by atoms with Crippen LogP contribution in [-0.4, -0.2) is 23.6 Å². The highest BCUT2D eigenvalue weighted by molar-refractivity contribution is 14.1. The van der Waals surface area contributed by atoms with Gasteiger partial charge in [0.2, 0.25) is 0 Å². The van der Waals surface area contributed by atoms with Gasteiger partial charge in [-0.1, -0.05) is 22.9 Å². The average molecular weight is 462 g/mol. The molecule has 21 heavy (non-hydrogen) atoms. The fourth-order valence-electron chi connectivity index (χ4n) is 1.94. The number of hydrogen-bond acceptors (Lipinski definition) is 4. The molecule has 1 N–H and O–H groups in total. The number of aromatic nitrogens is 2. The molecule has 4 nitrogen and oxygen atoms in total. The first-order valence-corrected chi connectivity index (χ1v) is 8.62. The Hall–Kier alpha value is -0.890. The van der Waals surface area contributed by atoms with Gasteiger partial charge in [0.15, 0.2) is 5.82 Å². The van der Waals surface area contributed by atoms with Crippen LogP contribution in [0, 0.1) is 3.57 Å². The van der Waals surface area contributed by atoms with E-state index in [1.165, 1.54) is 0 Å². The Morgan fingerprint density at radius 2 is 2.05 bits per heavy atom. The van der Waals surface area contributed by atoms with Crippen molar-refractivity contribution in [1.29, 1.82) is 0 Å². The van der Waals surface area contributed by atoms with Gasteiger partial charge in [0.25, 0.3) is 0 Å². The van der Waals surface area contributed by atoms with Gasteiger partial charge < -0.3 is 10.1 Å². The van der Waals surface area contributed by atoms with Crippen molar-refractivity contribution in [2.24, 2.45) is 0 Å². The van der Waals surface area contributed by atoms with E-state index in [1.807, 2.05) is 18.2 Å². The predicted molar refractivity (Wildman–Crippen MR) is 98.0 cm³/mol. The maximum Gasteiger partial charge on any atom is 0.163 e. The second-order valence-electron chi connectivity index (χ2n) is 4.39. The van der Waals surface area contributed by atoms with E-state index in [9.17, 15) is 0 Å². The predicted octanol–water partition coefficient (Wildman–Crippen LogP) is 4.51. The molecule has 1 aromatic carbocycles. The van der Waals surface area contributed by atoms with Gasteiger partial charge in [0, 0.05) is 16.6 Å². The minimum Gasteiger partial charge on any atom is -0.497 e. The molecule has 0 aliphatic carbocycles. The number of hydrogen-bond donors (Lipinski definition) is 1. The second-order valence-corrected chi connectivity index (χ2v) is 6.32. The monoisotopic (exact) mass is 461 g/mol. The molecule has 1 aromatic heterocycles. The van der Waals surface area contributed by atoms with E-state index in [1.54, 1.807) is 7.11 Å². The SMILES string of the molecule is CCNc1nc(-c2cc(OC)ccc2Br)nc(CC)c1I. The zero-order chi connectivity index (χ0) is 15.4. The number of ether oxygens (including phenoxy) is 1. The van der Waals surface area contributed by atoms with E-state index in [0.717, 1.165) is 43.8 Å². The van der Waals surface area contributed by atoms with Crippen LogP contribution in [0.5, 0.6) is 5.75 Å². The van der Waals surface area contributed by atoms with Gasteiger partial charge in [0.05, 0.1) is 16.4 Å². The summed E-state index contributed by atoms with van der Waals surface area (Å²) >= 11 is 5.87. The van der Waals surface area contributed by atoms with Crippen LogP contribution in [0.15, 0.2) is 22.7 Å². The number of aryl methyl sites for hydroxylation is 1. The van der Waals surface area contributed by atoms with E-state index in [0.29, 0.717) is 5.82 Å². The first-order valence-electron chi connectivity index (χ1n) is 6.74. The third kappa shape index (κ3) is 3.66. The first kappa shape index (κ1) is 16.5. The van der Waals surface area contributed by atoms with Gasteiger partial charge in [-0.05, 0) is 54.1 Å². The van der Waals surface area contributed by atoms with E-state index in [-0.39, 0.29) is 0 Å². The quantitative estimate of drug-likeness (QED) is 0.665. The zero-order valence-corrected chi connectivity index (χ0v) is 15.9. The van der Waals surface area contributed by atoms with Crippen LogP contribution in [0.4, 0.5) is 5.82 Å². The van der Waals surface area contributed by atoms with Crippen LogP contribution in [-0.2, 0) is 6.42 Å². The highest BCUT2D eigenvalue weighted by Crippen LogP contribution is 2.32. The van der Waals surface area contributed by atoms with Gasteiger partial charge in [0.1, 0.15) is 11.6 Å². The minimum atomic E-state index is 0.703. The van der Waals surface area contributed by atoms with Crippen molar-refractivity contribution < 1.29 is 4.74 Å². The third-order valence-corrected chi connectivity index (χ3v) is 4.84. The summed E-state index contributed by atoms with van der Waals surface area (Å²) in [6, 6.07) is 5.81. The summed E-state index contributed by atoms with van der Waals surface area (Å²) in [6.45, 7) is 4.99. The Labute approximate surface area is 147 Å². The molecule has 0 aliphatic rings. The summed E-state index contributed by atoms with van der Waals surface area (Å²) < 4.78 is 7.33. The smallest absolute Gasteiger partial charge is 0.163 e. The van der Waals surface area contributed by atoms with E-state index < -0.39 is 0 Å². The molecular formula is C15H17BrIN3O. The fourth-order valence-corrected chi connectivity index (χ4v) is 3.17. The number of anilines is 1. The van der Waals surface area contributed by atoms with Crippen LogP contribution in [0.2, 0.25) is 0 Å². The van der Waals surface area contributed by atoms with E-state index in [2.05, 4.69) is 62.7 Å². The topological polar surface area (TPSA) is 47.0 Å². The van der Waals surface area contributed by atoms with Crippen LogP contribution < -0.4 is 10.1 Å². The Balaban J connectivity index is 2.60. The van der Waals surface area contributed by atoms with Crippen molar-refractivity contribution in [3.05, 3.63) is 31.9 Å². The molecule has 0 spiro atoms. The summed E-state index contributed by atoms with van der Waals surface area (Å²) in [7, 11) is 1.66. The molecule has 0 saturated carbocycles. The Morgan fingerprint density at radius 3 is 2.67 bits per heavy atom. The van der Waals surface area contributed by atoms with Crippen LogP contribution in [0.1, 0.15) is 19.5 Å². The van der Waals surface area contributed by atoms with Crippen LogP contribution in [0.3, 0.4) is 0 Å². The lowest BCUT2D eigenvalue weighted by molar-refractivity contribution is 0.415. The van der Waals surface area contributed by atoms with Gasteiger partial charge in [-0.2, -0.15) is 0 Å². The molecule has 1 heterocycles. The average Bonchev–Trinajstić information content (AvgIpc) is 2.50. The summed E-state index contributed by atoms with van der Waals surface area (Å²) in [6.07, 6.45) is 0.869. The number of methoxy groups -OCH3 is 1. The number of nitrogens with zero attached hydrogens (tertiary/aromatic N) is 2. The Kier molecular flexibility index (Phi) is 5.80. The maximum absolute atomic E-state index is 5.30. The first-order chi connectivity index (χ1) is 10.1. The van der Waals surface area contributed by atoms with E-state index in [4.69, 9.17) is 9.72 Å². The van der Waals surface area contributed by atoms with Crippen molar-refractivity contribution in [3.63, 3.8) is 0 Å². The summed E-state index contributed by atoms with van der Waals surface area (Å²) in [5.41, 5.74) is 1.98. The Bertz CT molecular complexity index is 649. The molecule has 6 heteroatoms.